The standard InChI is InChI=1S/C22H19FN4O3S/c1-28-17-10-14(11-18(29-2)21(17)30-3)26-22-16(5-4-8-24-22)25-12-20-27-15-7-6-13(23)9-19(15)31-20/h4-12H,1-3H3,(H,24,26). The molecule has 0 aliphatic rings. The lowest BCUT2D eigenvalue weighted by atomic mass is 10.2. The third kappa shape index (κ3) is 4.41. The second-order valence-corrected chi connectivity index (χ2v) is 7.39. The molecule has 0 aliphatic heterocycles. The van der Waals surface area contributed by atoms with Gasteiger partial charge in [0.15, 0.2) is 17.3 Å². The van der Waals surface area contributed by atoms with E-state index in [1.165, 1.54) is 23.5 Å². The first-order chi connectivity index (χ1) is 15.1. The van der Waals surface area contributed by atoms with Crippen LogP contribution < -0.4 is 19.5 Å². The van der Waals surface area contributed by atoms with E-state index < -0.39 is 0 Å². The number of fused-ring (bicyclic) bond motifs is 1. The molecule has 2 aromatic carbocycles. The molecule has 31 heavy (non-hydrogen) atoms. The molecule has 0 saturated heterocycles. The fraction of sp³-hybridized carbons (Fsp3) is 0.136. The molecule has 0 bridgehead atoms. The molecule has 2 aromatic heterocycles. The number of hydrogen-bond acceptors (Lipinski definition) is 8. The molecule has 0 atom stereocenters. The van der Waals surface area contributed by atoms with Crippen LogP contribution in [0.3, 0.4) is 0 Å². The van der Waals surface area contributed by atoms with Crippen LogP contribution in [0.1, 0.15) is 5.01 Å². The summed E-state index contributed by atoms with van der Waals surface area (Å²) < 4.78 is 30.3. The van der Waals surface area contributed by atoms with E-state index in [1.54, 1.807) is 58.0 Å². The molecule has 2 heterocycles. The first-order valence-electron chi connectivity index (χ1n) is 9.23. The molecule has 0 saturated carbocycles. The quantitative estimate of drug-likeness (QED) is 0.392. The average Bonchev–Trinajstić information content (AvgIpc) is 3.19. The van der Waals surface area contributed by atoms with Gasteiger partial charge < -0.3 is 19.5 Å². The summed E-state index contributed by atoms with van der Waals surface area (Å²) in [5, 5.41) is 3.91. The molecule has 0 unspecified atom stereocenters. The van der Waals surface area contributed by atoms with Gasteiger partial charge in [-0.15, -0.1) is 11.3 Å². The van der Waals surface area contributed by atoms with Crippen molar-refractivity contribution in [3.63, 3.8) is 0 Å². The van der Waals surface area contributed by atoms with Crippen molar-refractivity contribution in [1.29, 1.82) is 0 Å². The number of nitrogens with zero attached hydrogens (tertiary/aromatic N) is 3. The Balaban J connectivity index is 1.63. The number of hydrogen-bond donors (Lipinski definition) is 1. The highest BCUT2D eigenvalue weighted by atomic mass is 32.1. The summed E-state index contributed by atoms with van der Waals surface area (Å²) in [6.45, 7) is 0. The van der Waals surface area contributed by atoms with E-state index in [9.17, 15) is 4.39 Å². The van der Waals surface area contributed by atoms with E-state index in [1.807, 2.05) is 6.07 Å². The van der Waals surface area contributed by atoms with E-state index >= 15 is 0 Å². The number of aromatic nitrogens is 2. The van der Waals surface area contributed by atoms with E-state index in [4.69, 9.17) is 14.2 Å². The predicted octanol–water partition coefficient (Wildman–Crippen LogP) is 5.35. The molecule has 0 aliphatic carbocycles. The van der Waals surface area contributed by atoms with Gasteiger partial charge in [0, 0.05) is 24.0 Å². The van der Waals surface area contributed by atoms with Gasteiger partial charge in [-0.25, -0.2) is 19.4 Å². The number of rotatable bonds is 7. The van der Waals surface area contributed by atoms with E-state index in [0.717, 1.165) is 10.2 Å². The monoisotopic (exact) mass is 438 g/mol. The lowest BCUT2D eigenvalue weighted by Gasteiger charge is -2.15. The molecule has 0 amide bonds. The molecule has 4 rings (SSSR count). The SMILES string of the molecule is COc1cc(Nc2ncccc2N=Cc2nc3ccc(F)cc3s2)cc(OC)c1OC. The number of ether oxygens (including phenoxy) is 3. The summed E-state index contributed by atoms with van der Waals surface area (Å²) in [5.41, 5.74) is 2.04. The minimum Gasteiger partial charge on any atom is -0.493 e. The van der Waals surface area contributed by atoms with Crippen molar-refractivity contribution in [3.05, 3.63) is 59.5 Å². The molecular formula is C22H19FN4O3S. The molecule has 7 nitrogen and oxygen atoms in total. The van der Waals surface area contributed by atoms with Gasteiger partial charge in [0.1, 0.15) is 16.5 Å². The van der Waals surface area contributed by atoms with Crippen LogP contribution in [0.4, 0.5) is 21.6 Å². The zero-order chi connectivity index (χ0) is 21.8. The van der Waals surface area contributed by atoms with Crippen LogP contribution in [0, 0.1) is 5.82 Å². The van der Waals surface area contributed by atoms with Gasteiger partial charge >= 0.3 is 0 Å². The zero-order valence-corrected chi connectivity index (χ0v) is 17.9. The molecule has 1 N–H and O–H groups in total. The molecule has 0 spiro atoms. The zero-order valence-electron chi connectivity index (χ0n) is 17.0. The maximum absolute atomic E-state index is 13.4. The van der Waals surface area contributed by atoms with Gasteiger partial charge in [0.05, 0.1) is 37.8 Å². The molecule has 158 valence electrons. The fourth-order valence-electron chi connectivity index (χ4n) is 2.98. The van der Waals surface area contributed by atoms with Crippen LogP contribution >= 0.6 is 11.3 Å². The minimum absolute atomic E-state index is 0.288. The number of anilines is 2. The van der Waals surface area contributed by atoms with Crippen LogP contribution in [0.2, 0.25) is 0 Å². The second-order valence-electron chi connectivity index (χ2n) is 6.33. The summed E-state index contributed by atoms with van der Waals surface area (Å²) >= 11 is 1.37. The number of benzene rings is 2. The van der Waals surface area contributed by atoms with Gasteiger partial charge in [-0.2, -0.15) is 0 Å². The van der Waals surface area contributed by atoms with Crippen LogP contribution in [0.25, 0.3) is 10.2 Å². The molecular weight excluding hydrogens is 419 g/mol. The normalized spacial score (nSPS) is 11.1. The van der Waals surface area contributed by atoms with Crippen LogP contribution in [0.15, 0.2) is 53.7 Å². The largest absolute Gasteiger partial charge is 0.493 e. The van der Waals surface area contributed by atoms with E-state index in [0.29, 0.717) is 39.4 Å². The van der Waals surface area contributed by atoms with Crippen molar-refractivity contribution in [1.82, 2.24) is 9.97 Å². The number of nitrogens with one attached hydrogen (secondary N) is 1. The summed E-state index contributed by atoms with van der Waals surface area (Å²) in [6, 6.07) is 11.7. The Bertz CT molecular complexity index is 1230. The van der Waals surface area contributed by atoms with Crippen molar-refractivity contribution >= 4 is 45.0 Å². The summed E-state index contributed by atoms with van der Waals surface area (Å²) in [6.07, 6.45) is 3.31. The van der Waals surface area contributed by atoms with Gasteiger partial charge in [0.2, 0.25) is 5.75 Å². The van der Waals surface area contributed by atoms with Crippen molar-refractivity contribution in [3.8, 4) is 17.2 Å². The van der Waals surface area contributed by atoms with Gasteiger partial charge in [-0.3, -0.25) is 0 Å². The maximum atomic E-state index is 13.4. The molecule has 0 fully saturated rings. The number of pyridine rings is 1. The second kappa shape index (κ2) is 8.97. The topological polar surface area (TPSA) is 77.9 Å². The predicted molar refractivity (Wildman–Crippen MR) is 120 cm³/mol. The Morgan fingerprint density at radius 1 is 1.03 bits per heavy atom. The highest BCUT2D eigenvalue weighted by Gasteiger charge is 2.14. The lowest BCUT2D eigenvalue weighted by molar-refractivity contribution is 0.324. The highest BCUT2D eigenvalue weighted by Crippen LogP contribution is 2.41. The Labute approximate surface area is 182 Å². The third-order valence-electron chi connectivity index (χ3n) is 4.39. The third-order valence-corrected chi connectivity index (χ3v) is 5.35. The first kappa shape index (κ1) is 20.5. The number of halogens is 1. The van der Waals surface area contributed by atoms with Gasteiger partial charge in [-0.1, -0.05) is 0 Å². The summed E-state index contributed by atoms with van der Waals surface area (Å²) in [4.78, 5) is 13.4. The summed E-state index contributed by atoms with van der Waals surface area (Å²) in [7, 11) is 4.67. The molecule has 4 aromatic rings. The van der Waals surface area contributed by atoms with Gasteiger partial charge in [-0.05, 0) is 30.3 Å². The average molecular weight is 438 g/mol. The number of aliphatic imine (C=N–C) groups is 1. The highest BCUT2D eigenvalue weighted by molar-refractivity contribution is 7.20. The number of methoxy groups -OCH3 is 3. The van der Waals surface area contributed by atoms with Crippen LogP contribution in [-0.2, 0) is 0 Å². The first-order valence-corrected chi connectivity index (χ1v) is 10.0. The Morgan fingerprint density at radius 3 is 2.52 bits per heavy atom. The number of thiazole rings is 1. The summed E-state index contributed by atoms with van der Waals surface area (Å²) in [5.74, 6) is 1.80. The van der Waals surface area contributed by atoms with Crippen molar-refractivity contribution < 1.29 is 18.6 Å². The van der Waals surface area contributed by atoms with E-state index in [2.05, 4.69) is 20.3 Å². The van der Waals surface area contributed by atoms with Crippen molar-refractivity contribution in [2.24, 2.45) is 4.99 Å². The van der Waals surface area contributed by atoms with Crippen molar-refractivity contribution in [2.75, 3.05) is 26.6 Å². The minimum atomic E-state index is -0.288. The van der Waals surface area contributed by atoms with E-state index in [-0.39, 0.29) is 5.82 Å². The molecule has 9 heteroatoms. The Hall–Kier alpha value is -3.72. The lowest BCUT2D eigenvalue weighted by Crippen LogP contribution is -1.99. The van der Waals surface area contributed by atoms with Crippen LogP contribution in [-0.4, -0.2) is 37.5 Å². The Morgan fingerprint density at radius 2 is 1.81 bits per heavy atom. The smallest absolute Gasteiger partial charge is 0.203 e. The van der Waals surface area contributed by atoms with Crippen LogP contribution in [0.5, 0.6) is 17.2 Å². The maximum Gasteiger partial charge on any atom is 0.203 e. The van der Waals surface area contributed by atoms with Gasteiger partial charge in [0.25, 0.3) is 0 Å². The molecule has 0 radical (unpaired) electrons. The fourth-order valence-corrected chi connectivity index (χ4v) is 3.85. The Kier molecular flexibility index (Phi) is 5.94. The van der Waals surface area contributed by atoms with Crippen molar-refractivity contribution in [2.45, 2.75) is 0 Å².